The molecule has 6 heteroatoms. The Morgan fingerprint density at radius 3 is 2.50 bits per heavy atom. The van der Waals surface area contributed by atoms with Crippen LogP contribution in [0.5, 0.6) is 5.75 Å². The van der Waals surface area contributed by atoms with Crippen molar-refractivity contribution in [3.05, 3.63) is 58.1 Å². The number of nitrogens with zero attached hydrogens (tertiary/aromatic N) is 1. The number of amides is 2. The predicted molar refractivity (Wildman–Crippen MR) is 114 cm³/mol. The second-order valence-corrected chi connectivity index (χ2v) is 7.89. The molecular weight excluding hydrogens is 420 g/mol. The van der Waals surface area contributed by atoms with E-state index in [0.29, 0.717) is 27.0 Å². The summed E-state index contributed by atoms with van der Waals surface area (Å²) in [4.78, 5) is 27.4. The quantitative estimate of drug-likeness (QED) is 0.720. The van der Waals surface area contributed by atoms with Crippen LogP contribution in [-0.2, 0) is 0 Å². The van der Waals surface area contributed by atoms with Crippen LogP contribution in [-0.4, -0.2) is 32.0 Å². The van der Waals surface area contributed by atoms with Crippen molar-refractivity contribution in [1.29, 1.82) is 0 Å². The lowest BCUT2D eigenvalue weighted by Gasteiger charge is -2.25. The fourth-order valence-electron chi connectivity index (χ4n) is 3.57. The zero-order valence-corrected chi connectivity index (χ0v) is 17.8. The van der Waals surface area contributed by atoms with Gasteiger partial charge in [-0.15, -0.1) is 0 Å². The lowest BCUT2D eigenvalue weighted by Crippen LogP contribution is -2.37. The molecule has 0 radical (unpaired) electrons. The van der Waals surface area contributed by atoms with Gasteiger partial charge < -0.3 is 15.0 Å². The fraction of sp³-hybridized carbons (Fsp3) is 0.364. The molecule has 0 atom stereocenters. The van der Waals surface area contributed by atoms with E-state index in [1.165, 1.54) is 11.3 Å². The van der Waals surface area contributed by atoms with Crippen molar-refractivity contribution < 1.29 is 14.3 Å². The van der Waals surface area contributed by atoms with Crippen molar-refractivity contribution in [1.82, 2.24) is 5.32 Å². The van der Waals surface area contributed by atoms with E-state index in [1.807, 2.05) is 12.1 Å². The minimum atomic E-state index is -0.193. The summed E-state index contributed by atoms with van der Waals surface area (Å²) in [6.07, 6.45) is 5.57. The highest BCUT2D eigenvalue weighted by molar-refractivity contribution is 9.10. The second kappa shape index (κ2) is 9.24. The van der Waals surface area contributed by atoms with Crippen LogP contribution in [0.3, 0.4) is 0 Å². The molecule has 1 N–H and O–H groups in total. The maximum absolute atomic E-state index is 13.0. The van der Waals surface area contributed by atoms with E-state index in [4.69, 9.17) is 4.74 Å². The number of anilines is 1. The standard InChI is InChI=1S/C22H25BrN2O3/c1-25(22(27)15-12-13-20(28-2)18(23)14-15)19-11-7-6-10-17(19)21(26)24-16-8-4-3-5-9-16/h6-7,10-14,16H,3-5,8-9H2,1-2H3,(H,24,26). The number of halogens is 1. The molecule has 0 heterocycles. The molecule has 0 saturated heterocycles. The lowest BCUT2D eigenvalue weighted by molar-refractivity contribution is 0.0928. The molecule has 2 aromatic rings. The van der Waals surface area contributed by atoms with Gasteiger partial charge in [0.2, 0.25) is 0 Å². The number of nitrogens with one attached hydrogen (secondary N) is 1. The topological polar surface area (TPSA) is 58.6 Å². The van der Waals surface area contributed by atoms with Gasteiger partial charge in [0, 0.05) is 18.7 Å². The number of carbonyl (C=O) groups is 2. The molecule has 0 aliphatic heterocycles. The molecule has 1 fully saturated rings. The van der Waals surface area contributed by atoms with E-state index in [9.17, 15) is 9.59 Å². The van der Waals surface area contributed by atoms with Gasteiger partial charge in [0.05, 0.1) is 22.8 Å². The molecule has 28 heavy (non-hydrogen) atoms. The summed E-state index contributed by atoms with van der Waals surface area (Å²) in [6.45, 7) is 0. The Kier molecular flexibility index (Phi) is 6.73. The highest BCUT2D eigenvalue weighted by Crippen LogP contribution is 2.28. The van der Waals surface area contributed by atoms with Gasteiger partial charge in [-0.25, -0.2) is 0 Å². The van der Waals surface area contributed by atoms with Gasteiger partial charge in [-0.05, 0) is 59.1 Å². The molecule has 1 saturated carbocycles. The minimum Gasteiger partial charge on any atom is -0.496 e. The number of hydrogen-bond donors (Lipinski definition) is 1. The van der Waals surface area contributed by atoms with Gasteiger partial charge in [-0.1, -0.05) is 31.4 Å². The van der Waals surface area contributed by atoms with Crippen molar-refractivity contribution in [3.8, 4) is 5.75 Å². The number of ether oxygens (including phenoxy) is 1. The Hall–Kier alpha value is -2.34. The number of methoxy groups -OCH3 is 1. The maximum Gasteiger partial charge on any atom is 0.258 e. The van der Waals surface area contributed by atoms with Crippen LogP contribution in [0, 0.1) is 0 Å². The van der Waals surface area contributed by atoms with Crippen molar-refractivity contribution >= 4 is 33.4 Å². The normalized spacial score (nSPS) is 14.4. The van der Waals surface area contributed by atoms with E-state index in [0.717, 1.165) is 25.7 Å². The molecule has 0 bridgehead atoms. The fourth-order valence-corrected chi connectivity index (χ4v) is 4.11. The Labute approximate surface area is 174 Å². The molecule has 148 valence electrons. The summed E-state index contributed by atoms with van der Waals surface area (Å²) in [6, 6.07) is 12.6. The van der Waals surface area contributed by atoms with Crippen LogP contribution in [0.15, 0.2) is 46.9 Å². The lowest BCUT2D eigenvalue weighted by atomic mass is 9.95. The number of rotatable bonds is 5. The maximum atomic E-state index is 13.0. The third-order valence-corrected chi connectivity index (χ3v) is 5.77. The first-order valence-corrected chi connectivity index (χ1v) is 10.3. The van der Waals surface area contributed by atoms with Crippen LogP contribution in [0.2, 0.25) is 0 Å². The molecule has 2 aromatic carbocycles. The minimum absolute atomic E-state index is 0.127. The van der Waals surface area contributed by atoms with E-state index < -0.39 is 0 Å². The molecule has 1 aliphatic carbocycles. The molecule has 2 amide bonds. The number of benzene rings is 2. The van der Waals surface area contributed by atoms with Crippen LogP contribution in [0.25, 0.3) is 0 Å². The monoisotopic (exact) mass is 444 g/mol. The molecule has 3 rings (SSSR count). The summed E-state index contributed by atoms with van der Waals surface area (Å²) in [7, 11) is 3.27. The first kappa shape index (κ1) is 20.4. The van der Waals surface area contributed by atoms with Gasteiger partial charge >= 0.3 is 0 Å². The Morgan fingerprint density at radius 2 is 1.82 bits per heavy atom. The van der Waals surface area contributed by atoms with E-state index in [-0.39, 0.29) is 17.9 Å². The van der Waals surface area contributed by atoms with Gasteiger partial charge in [0.1, 0.15) is 5.75 Å². The summed E-state index contributed by atoms with van der Waals surface area (Å²) < 4.78 is 5.93. The zero-order chi connectivity index (χ0) is 20.1. The molecule has 0 unspecified atom stereocenters. The summed E-state index contributed by atoms with van der Waals surface area (Å²) in [5.41, 5.74) is 1.61. The average Bonchev–Trinajstić information content (AvgIpc) is 2.73. The highest BCUT2D eigenvalue weighted by atomic mass is 79.9. The first-order valence-electron chi connectivity index (χ1n) is 9.52. The first-order chi connectivity index (χ1) is 13.5. The summed E-state index contributed by atoms with van der Waals surface area (Å²) in [5.74, 6) is 0.339. The van der Waals surface area contributed by atoms with Gasteiger partial charge in [0.25, 0.3) is 11.8 Å². The largest absolute Gasteiger partial charge is 0.496 e. The second-order valence-electron chi connectivity index (χ2n) is 7.04. The third kappa shape index (κ3) is 4.55. The van der Waals surface area contributed by atoms with Crippen LogP contribution < -0.4 is 15.0 Å². The molecule has 1 aliphatic rings. The van der Waals surface area contributed by atoms with Crippen molar-refractivity contribution in [3.63, 3.8) is 0 Å². The molecule has 5 nitrogen and oxygen atoms in total. The van der Waals surface area contributed by atoms with Crippen LogP contribution in [0.1, 0.15) is 52.8 Å². The number of para-hydroxylation sites is 1. The number of hydrogen-bond acceptors (Lipinski definition) is 3. The van der Waals surface area contributed by atoms with Gasteiger partial charge in [-0.3, -0.25) is 9.59 Å². The summed E-state index contributed by atoms with van der Waals surface area (Å²) >= 11 is 3.41. The third-order valence-electron chi connectivity index (χ3n) is 5.15. The Bertz CT molecular complexity index is 863. The summed E-state index contributed by atoms with van der Waals surface area (Å²) in [5, 5.41) is 3.13. The zero-order valence-electron chi connectivity index (χ0n) is 16.2. The van der Waals surface area contributed by atoms with Gasteiger partial charge in [-0.2, -0.15) is 0 Å². The highest BCUT2D eigenvalue weighted by Gasteiger charge is 2.22. The Morgan fingerprint density at radius 1 is 1.11 bits per heavy atom. The van der Waals surface area contributed by atoms with Crippen molar-refractivity contribution in [2.24, 2.45) is 0 Å². The van der Waals surface area contributed by atoms with E-state index in [1.54, 1.807) is 44.5 Å². The van der Waals surface area contributed by atoms with Crippen LogP contribution >= 0.6 is 15.9 Å². The van der Waals surface area contributed by atoms with Gasteiger partial charge in [0.15, 0.2) is 0 Å². The Balaban J connectivity index is 1.81. The van der Waals surface area contributed by atoms with Crippen LogP contribution in [0.4, 0.5) is 5.69 Å². The van der Waals surface area contributed by atoms with Crippen molar-refractivity contribution in [2.45, 2.75) is 38.1 Å². The van der Waals surface area contributed by atoms with E-state index >= 15 is 0 Å². The smallest absolute Gasteiger partial charge is 0.258 e. The molecular formula is C22H25BrN2O3. The van der Waals surface area contributed by atoms with E-state index in [2.05, 4.69) is 21.2 Å². The average molecular weight is 445 g/mol. The predicted octanol–water partition coefficient (Wildman–Crippen LogP) is 4.80. The molecule has 0 aromatic heterocycles. The molecule has 0 spiro atoms. The number of carbonyl (C=O) groups excluding carboxylic acids is 2. The SMILES string of the molecule is COc1ccc(C(=O)N(C)c2ccccc2C(=O)NC2CCCCC2)cc1Br. The van der Waals surface area contributed by atoms with Crippen molar-refractivity contribution in [2.75, 3.05) is 19.1 Å².